The molecule has 1 saturated heterocycles. The van der Waals surface area contributed by atoms with E-state index in [1.807, 2.05) is 29.6 Å². The molecule has 2 rings (SSSR count). The summed E-state index contributed by atoms with van der Waals surface area (Å²) in [6.07, 6.45) is 0. The van der Waals surface area contributed by atoms with E-state index in [2.05, 4.69) is 19.2 Å². The van der Waals surface area contributed by atoms with Crippen molar-refractivity contribution in [2.24, 2.45) is 0 Å². The van der Waals surface area contributed by atoms with Gasteiger partial charge in [0.15, 0.2) is 0 Å². The molecule has 0 amide bonds. The van der Waals surface area contributed by atoms with E-state index in [4.69, 9.17) is 0 Å². The van der Waals surface area contributed by atoms with Crippen LogP contribution in [0.15, 0.2) is 24.3 Å². The summed E-state index contributed by atoms with van der Waals surface area (Å²) < 4.78 is 13.4. The number of rotatable bonds is 4. The van der Waals surface area contributed by atoms with Gasteiger partial charge in [-0.2, -0.15) is 23.5 Å². The van der Waals surface area contributed by atoms with Crippen molar-refractivity contribution in [3.8, 4) is 0 Å². The molecule has 3 atom stereocenters. The van der Waals surface area contributed by atoms with Crippen LogP contribution in [-0.4, -0.2) is 28.6 Å². The summed E-state index contributed by atoms with van der Waals surface area (Å²) in [4.78, 5) is 0. The zero-order valence-electron chi connectivity index (χ0n) is 10.9. The van der Waals surface area contributed by atoms with Gasteiger partial charge in [0.05, 0.1) is 0 Å². The molecule has 1 aliphatic heterocycles. The zero-order chi connectivity index (χ0) is 13.0. The van der Waals surface area contributed by atoms with Crippen molar-refractivity contribution in [3.63, 3.8) is 0 Å². The molecule has 0 radical (unpaired) electrons. The maximum Gasteiger partial charge on any atom is 0.123 e. The highest BCUT2D eigenvalue weighted by Crippen LogP contribution is 2.38. The lowest BCUT2D eigenvalue weighted by molar-refractivity contribution is 0.520. The smallest absolute Gasteiger partial charge is 0.123 e. The molecule has 100 valence electrons. The second kappa shape index (κ2) is 6.83. The Morgan fingerprint density at radius 3 is 2.83 bits per heavy atom. The average molecular weight is 285 g/mol. The van der Waals surface area contributed by atoms with E-state index in [1.165, 1.54) is 17.6 Å². The van der Waals surface area contributed by atoms with Crippen molar-refractivity contribution >= 4 is 23.5 Å². The lowest BCUT2D eigenvalue weighted by atomic mass is 10.0. The van der Waals surface area contributed by atoms with Crippen LogP contribution in [0.3, 0.4) is 0 Å². The van der Waals surface area contributed by atoms with Crippen LogP contribution in [0.1, 0.15) is 25.5 Å². The number of hydrogen-bond acceptors (Lipinski definition) is 3. The molecule has 18 heavy (non-hydrogen) atoms. The van der Waals surface area contributed by atoms with E-state index >= 15 is 0 Å². The Balaban J connectivity index is 2.21. The minimum atomic E-state index is -0.142. The quantitative estimate of drug-likeness (QED) is 0.905. The second-order valence-electron chi connectivity index (χ2n) is 4.50. The van der Waals surface area contributed by atoms with Crippen molar-refractivity contribution in [1.29, 1.82) is 0 Å². The Morgan fingerprint density at radius 2 is 2.17 bits per heavy atom. The highest BCUT2D eigenvalue weighted by molar-refractivity contribution is 8.07. The minimum Gasteiger partial charge on any atom is -0.309 e. The largest absolute Gasteiger partial charge is 0.309 e. The van der Waals surface area contributed by atoms with Crippen LogP contribution < -0.4 is 5.32 Å². The molecule has 1 fully saturated rings. The molecule has 0 spiro atoms. The van der Waals surface area contributed by atoms with E-state index < -0.39 is 0 Å². The molecule has 1 aromatic carbocycles. The molecule has 1 heterocycles. The SMILES string of the molecule is CCNC(c1cccc(F)c1)C1SCCSC1C. The van der Waals surface area contributed by atoms with Gasteiger partial charge in [0, 0.05) is 28.0 Å². The monoisotopic (exact) mass is 285 g/mol. The highest BCUT2D eigenvalue weighted by Gasteiger charge is 2.30. The van der Waals surface area contributed by atoms with Gasteiger partial charge in [-0.05, 0) is 24.2 Å². The molecule has 0 saturated carbocycles. The maximum atomic E-state index is 13.4. The van der Waals surface area contributed by atoms with E-state index in [9.17, 15) is 4.39 Å². The molecule has 1 aliphatic rings. The van der Waals surface area contributed by atoms with Crippen molar-refractivity contribution in [1.82, 2.24) is 5.32 Å². The van der Waals surface area contributed by atoms with Crippen molar-refractivity contribution in [2.45, 2.75) is 30.4 Å². The van der Waals surface area contributed by atoms with Crippen LogP contribution >= 0.6 is 23.5 Å². The average Bonchev–Trinajstić information content (AvgIpc) is 2.37. The number of halogens is 1. The van der Waals surface area contributed by atoms with Crippen LogP contribution in [0.25, 0.3) is 0 Å². The molecule has 1 N–H and O–H groups in total. The summed E-state index contributed by atoms with van der Waals surface area (Å²) in [5.41, 5.74) is 1.07. The van der Waals surface area contributed by atoms with Gasteiger partial charge in [-0.1, -0.05) is 26.0 Å². The van der Waals surface area contributed by atoms with Crippen LogP contribution in [0.4, 0.5) is 4.39 Å². The molecule has 0 bridgehead atoms. The van der Waals surface area contributed by atoms with Gasteiger partial charge in [0.2, 0.25) is 0 Å². The first-order valence-electron chi connectivity index (χ1n) is 6.44. The third-order valence-corrected chi connectivity index (χ3v) is 6.39. The predicted octanol–water partition coefficient (Wildman–Crippen LogP) is 3.71. The molecular weight excluding hydrogens is 265 g/mol. The highest BCUT2D eigenvalue weighted by atomic mass is 32.2. The molecular formula is C14H20FNS2. The summed E-state index contributed by atoms with van der Waals surface area (Å²) in [6.45, 7) is 5.30. The molecule has 0 aliphatic carbocycles. The molecule has 1 nitrogen and oxygen atoms in total. The first-order chi connectivity index (χ1) is 8.72. The fourth-order valence-corrected chi connectivity index (χ4v) is 5.31. The van der Waals surface area contributed by atoms with Gasteiger partial charge in [-0.15, -0.1) is 0 Å². The Morgan fingerprint density at radius 1 is 1.39 bits per heavy atom. The Bertz CT molecular complexity index is 386. The molecule has 1 aromatic rings. The van der Waals surface area contributed by atoms with Crippen LogP contribution in [0.2, 0.25) is 0 Å². The van der Waals surface area contributed by atoms with Gasteiger partial charge < -0.3 is 5.32 Å². The lowest BCUT2D eigenvalue weighted by Crippen LogP contribution is -2.37. The summed E-state index contributed by atoms with van der Waals surface area (Å²) in [7, 11) is 0. The normalized spacial score (nSPS) is 25.9. The van der Waals surface area contributed by atoms with Gasteiger partial charge >= 0.3 is 0 Å². The standard InChI is InChI=1S/C14H20FNS2/c1-3-16-13(11-5-4-6-12(15)9-11)14-10(2)17-7-8-18-14/h4-6,9-10,13-14,16H,3,7-8H2,1-2H3. The van der Waals surface area contributed by atoms with Gasteiger partial charge in [0.25, 0.3) is 0 Å². The van der Waals surface area contributed by atoms with Crippen molar-refractivity contribution in [2.75, 3.05) is 18.1 Å². The summed E-state index contributed by atoms with van der Waals surface area (Å²) in [6, 6.07) is 7.26. The first kappa shape index (κ1) is 14.2. The van der Waals surface area contributed by atoms with E-state index in [0.717, 1.165) is 12.1 Å². The third-order valence-electron chi connectivity index (χ3n) is 3.20. The van der Waals surface area contributed by atoms with Crippen molar-refractivity contribution in [3.05, 3.63) is 35.6 Å². The lowest BCUT2D eigenvalue weighted by Gasteiger charge is -2.35. The van der Waals surface area contributed by atoms with Crippen LogP contribution in [0, 0.1) is 5.82 Å². The van der Waals surface area contributed by atoms with E-state index in [0.29, 0.717) is 10.5 Å². The van der Waals surface area contributed by atoms with E-state index in [-0.39, 0.29) is 11.9 Å². The van der Waals surface area contributed by atoms with Gasteiger partial charge in [0.1, 0.15) is 5.82 Å². The minimum absolute atomic E-state index is 0.142. The summed E-state index contributed by atoms with van der Waals surface area (Å²) in [5, 5.41) is 4.65. The first-order valence-corrected chi connectivity index (χ1v) is 8.54. The Labute approximate surface area is 117 Å². The van der Waals surface area contributed by atoms with Gasteiger partial charge in [-0.3, -0.25) is 0 Å². The fraction of sp³-hybridized carbons (Fsp3) is 0.571. The maximum absolute atomic E-state index is 13.4. The number of hydrogen-bond donors (Lipinski definition) is 1. The van der Waals surface area contributed by atoms with Crippen LogP contribution in [0.5, 0.6) is 0 Å². The van der Waals surface area contributed by atoms with Gasteiger partial charge in [-0.25, -0.2) is 4.39 Å². The number of thioether (sulfide) groups is 2. The zero-order valence-corrected chi connectivity index (χ0v) is 12.5. The molecule has 4 heteroatoms. The summed E-state index contributed by atoms with van der Waals surface area (Å²) in [5.74, 6) is 2.28. The molecule has 0 aromatic heterocycles. The van der Waals surface area contributed by atoms with Crippen molar-refractivity contribution < 1.29 is 4.39 Å². The molecule has 3 unspecified atom stereocenters. The predicted molar refractivity (Wildman–Crippen MR) is 81.0 cm³/mol. The number of benzene rings is 1. The second-order valence-corrected chi connectivity index (χ2v) is 7.27. The number of nitrogens with one attached hydrogen (secondary N) is 1. The third kappa shape index (κ3) is 3.43. The summed E-state index contributed by atoms with van der Waals surface area (Å²) >= 11 is 4.04. The Kier molecular flexibility index (Phi) is 5.39. The van der Waals surface area contributed by atoms with E-state index in [1.54, 1.807) is 12.1 Å². The topological polar surface area (TPSA) is 12.0 Å². The van der Waals surface area contributed by atoms with Crippen LogP contribution in [-0.2, 0) is 0 Å². The Hall–Kier alpha value is -0.190. The fourth-order valence-electron chi connectivity index (χ4n) is 2.36.